The second-order valence-corrected chi connectivity index (χ2v) is 5.69. The Hall–Kier alpha value is -1.26. The van der Waals surface area contributed by atoms with Crippen LogP contribution < -0.4 is 15.8 Å². The third-order valence-corrected chi connectivity index (χ3v) is 3.89. The molecule has 0 saturated heterocycles. The van der Waals surface area contributed by atoms with Gasteiger partial charge in [0, 0.05) is 12.1 Å². The number of halogens is 1. The summed E-state index contributed by atoms with van der Waals surface area (Å²) in [4.78, 5) is 11.9. The number of rotatable bonds is 4. The first-order valence-electron chi connectivity index (χ1n) is 7.30. The van der Waals surface area contributed by atoms with E-state index in [0.29, 0.717) is 6.04 Å². The predicted molar refractivity (Wildman–Crippen MR) is 87.0 cm³/mol. The molecule has 21 heavy (non-hydrogen) atoms. The van der Waals surface area contributed by atoms with E-state index in [4.69, 9.17) is 10.5 Å². The summed E-state index contributed by atoms with van der Waals surface area (Å²) in [6.45, 7) is 4.06. The molecular formula is C16H25ClN2O2. The van der Waals surface area contributed by atoms with Crippen molar-refractivity contribution in [1.82, 2.24) is 5.32 Å². The summed E-state index contributed by atoms with van der Waals surface area (Å²) in [6, 6.07) is 6.52. The molecule has 1 aliphatic carbocycles. The minimum Gasteiger partial charge on any atom is -0.483 e. The summed E-state index contributed by atoms with van der Waals surface area (Å²) < 4.78 is 5.66. The Balaban J connectivity index is 0.00000220. The number of nitrogens with two attached hydrogens (primary N) is 1. The highest BCUT2D eigenvalue weighted by Crippen LogP contribution is 2.22. The minimum atomic E-state index is -0.0480. The van der Waals surface area contributed by atoms with E-state index in [9.17, 15) is 4.79 Å². The van der Waals surface area contributed by atoms with E-state index in [1.165, 1.54) is 0 Å². The SMILES string of the molecule is Cc1cccc(C)c1OCC(=O)NC1CCC(N)CC1.Cl. The molecule has 0 aromatic heterocycles. The molecule has 1 aromatic rings. The Bertz CT molecular complexity index is 451. The number of amides is 1. The van der Waals surface area contributed by atoms with Gasteiger partial charge in [-0.25, -0.2) is 0 Å². The minimum absolute atomic E-state index is 0. The van der Waals surface area contributed by atoms with Gasteiger partial charge in [-0.15, -0.1) is 12.4 Å². The molecule has 2 rings (SSSR count). The lowest BCUT2D eigenvalue weighted by Gasteiger charge is -2.26. The van der Waals surface area contributed by atoms with Crippen molar-refractivity contribution in [2.75, 3.05) is 6.61 Å². The lowest BCUT2D eigenvalue weighted by atomic mass is 9.92. The third kappa shape index (κ3) is 5.21. The Morgan fingerprint density at radius 3 is 2.38 bits per heavy atom. The molecule has 0 radical (unpaired) electrons. The Labute approximate surface area is 132 Å². The van der Waals surface area contributed by atoms with Crippen LogP contribution in [0.2, 0.25) is 0 Å². The Kier molecular flexibility index (Phi) is 6.99. The normalized spacial score (nSPS) is 21.3. The maximum absolute atomic E-state index is 11.9. The van der Waals surface area contributed by atoms with Crippen molar-refractivity contribution in [3.05, 3.63) is 29.3 Å². The quantitative estimate of drug-likeness (QED) is 0.898. The topological polar surface area (TPSA) is 64.3 Å². The van der Waals surface area contributed by atoms with Crippen molar-refractivity contribution in [3.8, 4) is 5.75 Å². The number of benzene rings is 1. The summed E-state index contributed by atoms with van der Waals surface area (Å²) in [6.07, 6.45) is 3.91. The van der Waals surface area contributed by atoms with Gasteiger partial charge in [0.1, 0.15) is 5.75 Å². The van der Waals surface area contributed by atoms with Crippen LogP contribution in [0.5, 0.6) is 5.75 Å². The molecule has 118 valence electrons. The summed E-state index contributed by atoms with van der Waals surface area (Å²) in [5.74, 6) is 0.765. The van der Waals surface area contributed by atoms with Crippen LogP contribution in [0, 0.1) is 13.8 Å². The van der Waals surface area contributed by atoms with Crippen LogP contribution in [0.3, 0.4) is 0 Å². The Morgan fingerprint density at radius 2 is 1.81 bits per heavy atom. The van der Waals surface area contributed by atoms with Crippen LogP contribution in [0.25, 0.3) is 0 Å². The summed E-state index contributed by atoms with van der Waals surface area (Å²) in [5, 5.41) is 3.03. The van der Waals surface area contributed by atoms with Gasteiger partial charge in [0.25, 0.3) is 5.91 Å². The van der Waals surface area contributed by atoms with Crippen molar-refractivity contribution < 1.29 is 9.53 Å². The van der Waals surface area contributed by atoms with E-state index in [0.717, 1.165) is 42.6 Å². The number of para-hydroxylation sites is 1. The zero-order valence-corrected chi connectivity index (χ0v) is 13.5. The van der Waals surface area contributed by atoms with Gasteiger partial charge in [-0.3, -0.25) is 4.79 Å². The average Bonchev–Trinajstić information content (AvgIpc) is 2.41. The molecule has 0 spiro atoms. The number of nitrogens with one attached hydrogen (secondary N) is 1. The van der Waals surface area contributed by atoms with Gasteiger partial charge in [-0.2, -0.15) is 0 Å². The van der Waals surface area contributed by atoms with Crippen molar-refractivity contribution in [2.45, 2.75) is 51.6 Å². The molecule has 1 aliphatic rings. The molecule has 0 aliphatic heterocycles. The largest absolute Gasteiger partial charge is 0.483 e. The van der Waals surface area contributed by atoms with Crippen LogP contribution >= 0.6 is 12.4 Å². The number of hydrogen-bond acceptors (Lipinski definition) is 3. The summed E-state index contributed by atoms with van der Waals surface area (Å²) in [5.41, 5.74) is 7.97. The highest BCUT2D eigenvalue weighted by molar-refractivity contribution is 5.85. The fourth-order valence-corrected chi connectivity index (χ4v) is 2.70. The first-order valence-corrected chi connectivity index (χ1v) is 7.30. The number of hydrogen-bond donors (Lipinski definition) is 2. The van der Waals surface area contributed by atoms with E-state index in [1.807, 2.05) is 32.0 Å². The molecule has 1 fully saturated rings. The van der Waals surface area contributed by atoms with Gasteiger partial charge in [0.15, 0.2) is 6.61 Å². The van der Waals surface area contributed by atoms with E-state index < -0.39 is 0 Å². The van der Waals surface area contributed by atoms with Crippen molar-refractivity contribution in [2.24, 2.45) is 5.73 Å². The van der Waals surface area contributed by atoms with Gasteiger partial charge < -0.3 is 15.8 Å². The molecule has 0 bridgehead atoms. The highest BCUT2D eigenvalue weighted by atomic mass is 35.5. The van der Waals surface area contributed by atoms with Crippen LogP contribution in [-0.2, 0) is 4.79 Å². The number of aryl methyl sites for hydroxylation is 2. The van der Waals surface area contributed by atoms with E-state index >= 15 is 0 Å². The van der Waals surface area contributed by atoms with E-state index in [1.54, 1.807) is 0 Å². The molecule has 0 unspecified atom stereocenters. The van der Waals surface area contributed by atoms with Crippen molar-refractivity contribution in [1.29, 1.82) is 0 Å². The van der Waals surface area contributed by atoms with Crippen molar-refractivity contribution >= 4 is 18.3 Å². The molecule has 4 nitrogen and oxygen atoms in total. The van der Waals surface area contributed by atoms with Crippen LogP contribution in [0.1, 0.15) is 36.8 Å². The van der Waals surface area contributed by atoms with E-state index in [-0.39, 0.29) is 31.0 Å². The number of ether oxygens (including phenoxy) is 1. The molecule has 1 amide bonds. The molecule has 0 heterocycles. The van der Waals surface area contributed by atoms with Gasteiger partial charge in [0.2, 0.25) is 0 Å². The number of carbonyl (C=O) groups excluding carboxylic acids is 1. The zero-order chi connectivity index (χ0) is 14.5. The maximum Gasteiger partial charge on any atom is 0.258 e. The van der Waals surface area contributed by atoms with Crippen LogP contribution in [-0.4, -0.2) is 24.6 Å². The first kappa shape index (κ1) is 17.8. The molecule has 5 heteroatoms. The fourth-order valence-electron chi connectivity index (χ4n) is 2.70. The van der Waals surface area contributed by atoms with E-state index in [2.05, 4.69) is 5.32 Å². The van der Waals surface area contributed by atoms with Gasteiger partial charge >= 0.3 is 0 Å². The maximum atomic E-state index is 11.9. The molecule has 1 saturated carbocycles. The smallest absolute Gasteiger partial charge is 0.258 e. The monoisotopic (exact) mass is 312 g/mol. The Morgan fingerprint density at radius 1 is 1.24 bits per heavy atom. The zero-order valence-electron chi connectivity index (χ0n) is 12.7. The summed E-state index contributed by atoms with van der Waals surface area (Å²) >= 11 is 0. The highest BCUT2D eigenvalue weighted by Gasteiger charge is 2.20. The van der Waals surface area contributed by atoms with Gasteiger partial charge in [-0.1, -0.05) is 18.2 Å². The molecule has 1 aromatic carbocycles. The standard InChI is InChI=1S/C16H24N2O2.ClH/c1-11-4-3-5-12(2)16(11)20-10-15(19)18-14-8-6-13(17)7-9-14;/h3-5,13-14H,6-10,17H2,1-2H3,(H,18,19);1H. The fraction of sp³-hybridized carbons (Fsp3) is 0.562. The average molecular weight is 313 g/mol. The van der Waals surface area contributed by atoms with Gasteiger partial charge in [-0.05, 0) is 50.7 Å². The molecule has 0 atom stereocenters. The number of carbonyl (C=O) groups is 1. The summed E-state index contributed by atoms with van der Waals surface area (Å²) in [7, 11) is 0. The van der Waals surface area contributed by atoms with Crippen LogP contribution in [0.4, 0.5) is 0 Å². The van der Waals surface area contributed by atoms with Crippen LogP contribution in [0.15, 0.2) is 18.2 Å². The lowest BCUT2D eigenvalue weighted by Crippen LogP contribution is -2.42. The molecular weight excluding hydrogens is 288 g/mol. The second kappa shape index (κ2) is 8.25. The second-order valence-electron chi connectivity index (χ2n) is 5.69. The first-order chi connectivity index (χ1) is 9.56. The van der Waals surface area contributed by atoms with Crippen molar-refractivity contribution in [3.63, 3.8) is 0 Å². The molecule has 3 N–H and O–H groups in total. The third-order valence-electron chi connectivity index (χ3n) is 3.89. The lowest BCUT2D eigenvalue weighted by molar-refractivity contribution is -0.124. The van der Waals surface area contributed by atoms with Gasteiger partial charge in [0.05, 0.1) is 0 Å². The predicted octanol–water partition coefficient (Wildman–Crippen LogP) is 2.49.